The van der Waals surface area contributed by atoms with Gasteiger partial charge in [-0.2, -0.15) is 5.26 Å². The van der Waals surface area contributed by atoms with Gasteiger partial charge in [-0.15, -0.1) is 23.5 Å². The molecule has 0 bridgehead atoms. The zero-order chi connectivity index (χ0) is 24.7. The van der Waals surface area contributed by atoms with Crippen molar-refractivity contribution in [1.82, 2.24) is 0 Å². The number of esters is 1. The van der Waals surface area contributed by atoms with E-state index in [1.54, 1.807) is 23.5 Å². The van der Waals surface area contributed by atoms with Crippen molar-refractivity contribution >= 4 is 45.2 Å². The number of carbonyl (C=O) groups excluding carboxylic acids is 1. The van der Waals surface area contributed by atoms with E-state index in [-0.39, 0.29) is 11.4 Å². The van der Waals surface area contributed by atoms with Crippen LogP contribution in [0.2, 0.25) is 0 Å². The largest absolute Gasteiger partial charge is 0.469 e. The average Bonchev–Trinajstić information content (AvgIpc) is 2.70. The van der Waals surface area contributed by atoms with Gasteiger partial charge in [0.2, 0.25) is 0 Å². The summed E-state index contributed by atoms with van der Waals surface area (Å²) in [6.45, 7) is 12.4. The van der Waals surface area contributed by atoms with Crippen molar-refractivity contribution in [2.24, 2.45) is 10.8 Å². The highest BCUT2D eigenvalue weighted by molar-refractivity contribution is 8.47. The normalized spacial score (nSPS) is 13.9. The highest BCUT2D eigenvalue weighted by Gasteiger charge is 2.51. The Morgan fingerprint density at radius 1 is 0.938 bits per heavy atom. The summed E-state index contributed by atoms with van der Waals surface area (Å²) >= 11 is 9.02. The summed E-state index contributed by atoms with van der Waals surface area (Å²) in [5, 5.41) is 9.18. The van der Waals surface area contributed by atoms with Gasteiger partial charge in [-0.25, -0.2) is 0 Å². The minimum Gasteiger partial charge on any atom is -0.469 e. The van der Waals surface area contributed by atoms with Gasteiger partial charge >= 0.3 is 5.97 Å². The number of ether oxygens (including phenoxy) is 1. The number of unbranched alkanes of at least 4 members (excludes halogenated alkanes) is 9. The molecule has 0 heterocycles. The van der Waals surface area contributed by atoms with Gasteiger partial charge in [-0.1, -0.05) is 90.8 Å². The van der Waals surface area contributed by atoms with Gasteiger partial charge in [0.15, 0.2) is 0 Å². The molecule has 0 radical (unpaired) electrons. The number of hydrogen-bond acceptors (Lipinski definition) is 6. The quantitative estimate of drug-likeness (QED) is 0.113. The number of carbonyl (C=O) groups is 1. The molecule has 0 saturated carbocycles. The lowest BCUT2D eigenvalue weighted by atomic mass is 9.66. The Bertz CT molecular complexity index is 598. The second-order valence-electron chi connectivity index (χ2n) is 10.4. The van der Waals surface area contributed by atoms with Crippen molar-refractivity contribution in [1.29, 1.82) is 5.26 Å². The first-order valence-electron chi connectivity index (χ1n) is 12.3. The Morgan fingerprint density at radius 3 is 1.91 bits per heavy atom. The maximum Gasteiger partial charge on any atom is 0.312 e. The molecule has 0 aromatic rings. The third kappa shape index (κ3) is 12.3. The molecule has 0 aromatic heterocycles. The monoisotopic (exact) mass is 501 g/mol. The molecule has 6 heteroatoms. The first-order valence-corrected chi connectivity index (χ1v) is 14.5. The standard InChI is InChI=1S/C26H47NO2S3/c1-8-9-10-11-12-13-14-15-16-17-20-31-23(30)32-25(4,5)26(6,22(28)29-7)21-24(2,3)18-19-27/h8-18,20-21H2,1-7H3. The summed E-state index contributed by atoms with van der Waals surface area (Å²) in [5.41, 5.74) is -1.02. The van der Waals surface area contributed by atoms with E-state index in [9.17, 15) is 10.1 Å². The van der Waals surface area contributed by atoms with Crippen molar-refractivity contribution in [3.63, 3.8) is 0 Å². The fourth-order valence-electron chi connectivity index (χ4n) is 4.09. The minimum absolute atomic E-state index is 0.233. The molecular weight excluding hydrogens is 454 g/mol. The van der Waals surface area contributed by atoms with Crippen LogP contribution in [0, 0.1) is 22.2 Å². The van der Waals surface area contributed by atoms with E-state index < -0.39 is 10.2 Å². The third-order valence-electron chi connectivity index (χ3n) is 6.41. The van der Waals surface area contributed by atoms with E-state index >= 15 is 0 Å². The topological polar surface area (TPSA) is 50.1 Å². The molecule has 0 rings (SSSR count). The van der Waals surface area contributed by atoms with E-state index in [1.807, 2.05) is 20.8 Å². The molecule has 3 nitrogen and oxygen atoms in total. The lowest BCUT2D eigenvalue weighted by Gasteiger charge is -2.45. The van der Waals surface area contributed by atoms with Crippen LogP contribution in [0.1, 0.15) is 119 Å². The molecule has 0 aromatic carbocycles. The summed E-state index contributed by atoms with van der Waals surface area (Å²) in [4.78, 5) is 12.8. The van der Waals surface area contributed by atoms with Crippen molar-refractivity contribution in [2.45, 2.75) is 123 Å². The number of nitrogens with zero attached hydrogens (tertiary/aromatic N) is 1. The lowest BCUT2D eigenvalue weighted by molar-refractivity contribution is -0.155. The van der Waals surface area contributed by atoms with E-state index in [0.29, 0.717) is 12.8 Å². The van der Waals surface area contributed by atoms with Crippen LogP contribution in [-0.4, -0.2) is 27.1 Å². The maximum atomic E-state index is 12.8. The summed E-state index contributed by atoms with van der Waals surface area (Å²) in [5.74, 6) is 0.802. The SMILES string of the molecule is CCCCCCCCCCCCSC(=S)SC(C)(C)C(C)(CC(C)(C)CC#N)C(=O)OC. The number of rotatable bonds is 17. The van der Waals surface area contributed by atoms with Crippen LogP contribution < -0.4 is 0 Å². The molecule has 0 aliphatic heterocycles. The van der Waals surface area contributed by atoms with Crippen molar-refractivity contribution < 1.29 is 9.53 Å². The third-order valence-corrected chi connectivity index (χ3v) is 9.47. The molecule has 0 aliphatic rings. The molecule has 0 amide bonds. The van der Waals surface area contributed by atoms with Gasteiger partial charge < -0.3 is 4.74 Å². The first kappa shape index (κ1) is 31.8. The molecule has 0 saturated heterocycles. The Hall–Kier alpha value is -0.250. The van der Waals surface area contributed by atoms with Crippen LogP contribution in [0.3, 0.4) is 0 Å². The maximum absolute atomic E-state index is 12.8. The van der Waals surface area contributed by atoms with Crippen molar-refractivity contribution in [2.75, 3.05) is 12.9 Å². The average molecular weight is 502 g/mol. The minimum atomic E-state index is -0.742. The van der Waals surface area contributed by atoms with Gasteiger partial charge in [0, 0.05) is 11.2 Å². The number of nitriles is 1. The molecule has 0 spiro atoms. The Kier molecular flexibility index (Phi) is 16.3. The number of hydrogen-bond donors (Lipinski definition) is 0. The van der Waals surface area contributed by atoms with Crippen LogP contribution in [0.15, 0.2) is 0 Å². The van der Waals surface area contributed by atoms with Crippen LogP contribution >= 0.6 is 35.7 Å². The summed E-state index contributed by atoms with van der Waals surface area (Å²) in [7, 11) is 1.44. The number of methoxy groups -OCH3 is 1. The molecule has 1 unspecified atom stereocenters. The molecule has 0 fully saturated rings. The lowest BCUT2D eigenvalue weighted by Crippen LogP contribution is -2.48. The molecule has 32 heavy (non-hydrogen) atoms. The molecule has 186 valence electrons. The summed E-state index contributed by atoms with van der Waals surface area (Å²) < 4.78 is 5.65. The molecule has 0 aliphatic carbocycles. The molecular formula is C26H47NO2S3. The van der Waals surface area contributed by atoms with Gasteiger partial charge in [0.1, 0.15) is 3.53 Å². The zero-order valence-corrected chi connectivity index (χ0v) is 24.1. The second kappa shape index (κ2) is 16.4. The first-order chi connectivity index (χ1) is 15.0. The van der Waals surface area contributed by atoms with Crippen molar-refractivity contribution in [3.05, 3.63) is 0 Å². The van der Waals surface area contributed by atoms with E-state index in [2.05, 4.69) is 26.8 Å². The fourth-order valence-corrected chi connectivity index (χ4v) is 7.38. The van der Waals surface area contributed by atoms with Crippen LogP contribution in [0.25, 0.3) is 0 Å². The van der Waals surface area contributed by atoms with Crippen LogP contribution in [-0.2, 0) is 9.53 Å². The summed E-state index contributed by atoms with van der Waals surface area (Å²) in [6, 6.07) is 2.25. The molecule has 1 atom stereocenters. The fraction of sp³-hybridized carbons (Fsp3) is 0.885. The highest BCUT2D eigenvalue weighted by atomic mass is 32.2. The number of thiocarbonyl (C=S) groups is 1. The van der Waals surface area contributed by atoms with Crippen molar-refractivity contribution in [3.8, 4) is 6.07 Å². The van der Waals surface area contributed by atoms with Gasteiger partial charge in [0.05, 0.1) is 18.6 Å². The highest BCUT2D eigenvalue weighted by Crippen LogP contribution is 2.51. The second-order valence-corrected chi connectivity index (χ2v) is 14.3. The van der Waals surface area contributed by atoms with E-state index in [0.717, 1.165) is 9.28 Å². The predicted molar refractivity (Wildman–Crippen MR) is 147 cm³/mol. The van der Waals surface area contributed by atoms with Gasteiger partial charge in [-0.3, -0.25) is 4.79 Å². The number of thioether (sulfide) groups is 2. The molecule has 0 N–H and O–H groups in total. The predicted octanol–water partition coefficient (Wildman–Crippen LogP) is 8.95. The van der Waals surface area contributed by atoms with E-state index in [4.69, 9.17) is 17.0 Å². The Balaban J connectivity index is 4.50. The summed E-state index contributed by atoms with van der Waals surface area (Å²) in [6.07, 6.45) is 14.3. The Morgan fingerprint density at radius 2 is 1.44 bits per heavy atom. The zero-order valence-electron chi connectivity index (χ0n) is 21.7. The van der Waals surface area contributed by atoms with E-state index in [1.165, 1.54) is 71.3 Å². The van der Waals surface area contributed by atoms with Gasteiger partial charge in [-0.05, 0) is 44.8 Å². The smallest absolute Gasteiger partial charge is 0.312 e. The van der Waals surface area contributed by atoms with Gasteiger partial charge in [0.25, 0.3) is 0 Å². The van der Waals surface area contributed by atoms with Crippen LogP contribution in [0.5, 0.6) is 0 Å². The Labute approximate surface area is 212 Å². The van der Waals surface area contributed by atoms with Crippen LogP contribution in [0.4, 0.5) is 0 Å².